The van der Waals surface area contributed by atoms with Gasteiger partial charge >= 0.3 is 0 Å². The van der Waals surface area contributed by atoms with E-state index in [9.17, 15) is 0 Å². The monoisotopic (exact) mass is 873 g/mol. The van der Waals surface area contributed by atoms with E-state index in [1.807, 2.05) is 24.3 Å². The van der Waals surface area contributed by atoms with Crippen LogP contribution in [-0.4, -0.2) is 4.57 Å². The number of hydrogen-bond acceptors (Lipinski definition) is 4. The summed E-state index contributed by atoms with van der Waals surface area (Å²) in [6.45, 7) is 4.76. The minimum absolute atomic E-state index is 0.270. The van der Waals surface area contributed by atoms with Crippen LogP contribution in [0.3, 0.4) is 0 Å². The van der Waals surface area contributed by atoms with Crippen LogP contribution in [0.15, 0.2) is 233 Å². The van der Waals surface area contributed by atoms with E-state index in [1.54, 1.807) is 0 Å². The molecule has 0 saturated carbocycles. The normalized spacial score (nSPS) is 13.0. The third-order valence-corrected chi connectivity index (χ3v) is 14.3. The van der Waals surface area contributed by atoms with Crippen molar-refractivity contribution in [2.75, 3.05) is 9.80 Å². The molecule has 0 amide bonds. The summed E-state index contributed by atoms with van der Waals surface area (Å²) in [6.07, 6.45) is 0. The van der Waals surface area contributed by atoms with Crippen LogP contribution >= 0.6 is 0 Å². The molecule has 68 heavy (non-hydrogen) atoms. The van der Waals surface area contributed by atoms with Gasteiger partial charge in [-0.3, -0.25) is 0 Å². The lowest BCUT2D eigenvalue weighted by Crippen LogP contribution is -2.26. The van der Waals surface area contributed by atoms with Crippen LogP contribution in [0.5, 0.6) is 0 Å². The Bertz CT molecular complexity index is 3960. The van der Waals surface area contributed by atoms with Crippen molar-refractivity contribution in [3.05, 3.63) is 236 Å². The number of aromatic nitrogens is 1. The Balaban J connectivity index is 1.07. The molecular formula is C63H43N3O2. The van der Waals surface area contributed by atoms with Gasteiger partial charge in [-0.15, -0.1) is 0 Å². The van der Waals surface area contributed by atoms with Gasteiger partial charge in [-0.05, 0) is 138 Å². The van der Waals surface area contributed by atoms with E-state index in [4.69, 9.17) is 8.83 Å². The smallest absolute Gasteiger partial charge is 0.135 e. The fraction of sp³-hybridized carbons (Fsp3) is 0.0476. The molecule has 0 N–H and O–H groups in total. The molecule has 0 saturated heterocycles. The summed E-state index contributed by atoms with van der Waals surface area (Å²) < 4.78 is 15.2. The molecule has 5 heteroatoms. The van der Waals surface area contributed by atoms with E-state index in [0.29, 0.717) is 0 Å². The molecule has 10 aromatic carbocycles. The average molecular weight is 874 g/mol. The zero-order valence-electron chi connectivity index (χ0n) is 37.5. The van der Waals surface area contributed by atoms with Gasteiger partial charge in [0.1, 0.15) is 22.3 Å². The van der Waals surface area contributed by atoms with Gasteiger partial charge in [-0.1, -0.05) is 123 Å². The van der Waals surface area contributed by atoms with Gasteiger partial charge in [-0.25, -0.2) is 0 Å². The first-order valence-corrected chi connectivity index (χ1v) is 23.3. The van der Waals surface area contributed by atoms with Gasteiger partial charge in [0, 0.05) is 71.9 Å². The molecule has 0 bridgehead atoms. The first-order chi connectivity index (χ1) is 33.5. The topological polar surface area (TPSA) is 37.7 Å². The molecule has 0 spiro atoms. The van der Waals surface area contributed by atoms with Crippen molar-refractivity contribution >= 4 is 99.8 Å². The van der Waals surface area contributed by atoms with Crippen LogP contribution < -0.4 is 9.80 Å². The van der Waals surface area contributed by atoms with Gasteiger partial charge in [0.2, 0.25) is 0 Å². The molecule has 1 aliphatic rings. The fourth-order valence-corrected chi connectivity index (χ4v) is 11.1. The molecule has 0 atom stereocenters. The van der Waals surface area contributed by atoms with E-state index in [-0.39, 0.29) is 5.41 Å². The van der Waals surface area contributed by atoms with Crippen molar-refractivity contribution in [2.24, 2.45) is 0 Å². The number of anilines is 6. The quantitative estimate of drug-likeness (QED) is 0.160. The Labute approximate surface area is 392 Å². The number of furan rings is 2. The third-order valence-electron chi connectivity index (χ3n) is 14.3. The Morgan fingerprint density at radius 3 is 1.43 bits per heavy atom. The summed E-state index contributed by atoms with van der Waals surface area (Å²) in [5.74, 6) is 0. The molecule has 5 nitrogen and oxygen atoms in total. The molecule has 3 aromatic heterocycles. The van der Waals surface area contributed by atoms with Crippen LogP contribution in [0, 0.1) is 0 Å². The first kappa shape index (κ1) is 38.5. The summed E-state index contributed by atoms with van der Waals surface area (Å²) >= 11 is 0. The second-order valence-corrected chi connectivity index (χ2v) is 18.6. The number of benzene rings is 10. The molecule has 4 heterocycles. The van der Waals surface area contributed by atoms with E-state index in [1.165, 1.54) is 38.6 Å². The molecule has 0 unspecified atom stereocenters. The summed E-state index contributed by atoms with van der Waals surface area (Å²) in [7, 11) is 0. The molecule has 13 aromatic rings. The highest BCUT2D eigenvalue weighted by Gasteiger charge is 2.36. The summed E-state index contributed by atoms with van der Waals surface area (Å²) in [6, 6.07) is 81.0. The van der Waals surface area contributed by atoms with E-state index in [2.05, 4.69) is 228 Å². The lowest BCUT2D eigenvalue weighted by molar-refractivity contribution is 0.630. The van der Waals surface area contributed by atoms with E-state index >= 15 is 0 Å². The minimum Gasteiger partial charge on any atom is -0.456 e. The summed E-state index contributed by atoms with van der Waals surface area (Å²) in [4.78, 5) is 4.78. The van der Waals surface area contributed by atoms with Gasteiger partial charge < -0.3 is 23.2 Å². The fourth-order valence-electron chi connectivity index (χ4n) is 11.1. The molecule has 1 aliphatic heterocycles. The zero-order chi connectivity index (χ0) is 45.1. The van der Waals surface area contributed by atoms with Crippen LogP contribution in [0.4, 0.5) is 34.1 Å². The lowest BCUT2D eigenvalue weighted by atomic mass is 9.74. The van der Waals surface area contributed by atoms with Crippen molar-refractivity contribution in [2.45, 2.75) is 19.3 Å². The third kappa shape index (κ3) is 5.75. The number of hydrogen-bond donors (Lipinski definition) is 0. The standard InChI is InChI=1S/C63H43N3O2/c1-63(2)54-24-12-14-26-57(54)66-56-25-13-9-21-48(56)53-35-41(36-55(63)62(53)66)40-33-46(64(42-17-5-3-6-18-42)44-29-31-60-51(38-44)49-22-10-15-27-58(49)67-60)37-47(34-40)65(43-19-7-4-8-20-43)45-30-32-61-52(39-45)50-23-11-16-28-59(50)68-61/h3-39H,1-2H3. The highest BCUT2D eigenvalue weighted by Crippen LogP contribution is 2.51. The summed E-state index contributed by atoms with van der Waals surface area (Å²) in [5, 5.41) is 6.82. The maximum Gasteiger partial charge on any atom is 0.135 e. The Kier molecular flexibility index (Phi) is 8.26. The second kappa shape index (κ2) is 14.6. The van der Waals surface area contributed by atoms with Crippen molar-refractivity contribution in [1.29, 1.82) is 0 Å². The molecule has 322 valence electrons. The van der Waals surface area contributed by atoms with Crippen molar-refractivity contribution in [3.63, 3.8) is 0 Å². The van der Waals surface area contributed by atoms with Gasteiger partial charge in [0.15, 0.2) is 0 Å². The second-order valence-electron chi connectivity index (χ2n) is 18.6. The Morgan fingerprint density at radius 1 is 0.338 bits per heavy atom. The van der Waals surface area contributed by atoms with Gasteiger partial charge in [0.05, 0.1) is 16.7 Å². The predicted molar refractivity (Wildman–Crippen MR) is 282 cm³/mol. The van der Waals surface area contributed by atoms with E-state index < -0.39 is 0 Å². The maximum absolute atomic E-state index is 6.37. The number of nitrogens with zero attached hydrogens (tertiary/aromatic N) is 3. The Hall–Kier alpha value is -8.80. The summed E-state index contributed by atoms with van der Waals surface area (Å²) in [5.41, 5.74) is 18.0. The SMILES string of the molecule is CC1(C)c2ccccc2-n2c3ccccc3c3cc(-c4cc(N(c5ccccc5)c5ccc6oc7ccccc7c6c5)cc(N(c5ccccc5)c5ccc6oc7ccccc7c6c5)c4)cc1c32. The Morgan fingerprint density at radius 2 is 0.824 bits per heavy atom. The lowest BCUT2D eigenvalue weighted by Gasteiger charge is -2.35. The molecule has 14 rings (SSSR count). The molecule has 0 fully saturated rings. The largest absolute Gasteiger partial charge is 0.456 e. The van der Waals surface area contributed by atoms with Crippen molar-refractivity contribution in [3.8, 4) is 16.8 Å². The van der Waals surface area contributed by atoms with E-state index in [0.717, 1.165) is 89.1 Å². The van der Waals surface area contributed by atoms with Crippen molar-refractivity contribution in [1.82, 2.24) is 4.57 Å². The minimum atomic E-state index is -0.270. The van der Waals surface area contributed by atoms with Gasteiger partial charge in [0.25, 0.3) is 0 Å². The number of fused-ring (bicyclic) bond motifs is 11. The highest BCUT2D eigenvalue weighted by molar-refractivity contribution is 6.13. The first-order valence-electron chi connectivity index (χ1n) is 23.3. The zero-order valence-corrected chi connectivity index (χ0v) is 37.5. The van der Waals surface area contributed by atoms with Gasteiger partial charge in [-0.2, -0.15) is 0 Å². The predicted octanol–water partition coefficient (Wildman–Crippen LogP) is 17.8. The van der Waals surface area contributed by atoms with Crippen LogP contribution in [0.2, 0.25) is 0 Å². The molecular weight excluding hydrogens is 831 g/mol. The highest BCUT2D eigenvalue weighted by atomic mass is 16.3. The molecule has 0 radical (unpaired) electrons. The number of para-hydroxylation sites is 6. The van der Waals surface area contributed by atoms with Crippen LogP contribution in [0.1, 0.15) is 25.0 Å². The number of rotatable bonds is 7. The van der Waals surface area contributed by atoms with Crippen molar-refractivity contribution < 1.29 is 8.83 Å². The molecule has 0 aliphatic carbocycles. The average Bonchev–Trinajstić information content (AvgIpc) is 4.06. The maximum atomic E-state index is 6.37. The van der Waals surface area contributed by atoms with Crippen LogP contribution in [0.25, 0.3) is 82.5 Å². The van der Waals surface area contributed by atoms with Crippen LogP contribution in [-0.2, 0) is 5.41 Å².